The third-order valence-corrected chi connectivity index (χ3v) is 8.43. The van der Waals surface area contributed by atoms with Crippen molar-refractivity contribution in [3.05, 3.63) is 40.2 Å². The quantitative estimate of drug-likeness (QED) is 0.0973. The summed E-state index contributed by atoms with van der Waals surface area (Å²) in [5.41, 5.74) is 13.7. The molecule has 0 spiro atoms. The number of fused-ring (bicyclic) bond motifs is 3. The number of primary amides is 1. The van der Waals surface area contributed by atoms with E-state index in [1.54, 1.807) is 6.07 Å². The average molecular weight is 650 g/mol. The van der Waals surface area contributed by atoms with E-state index in [1.165, 1.54) is 26.2 Å². The Morgan fingerprint density at radius 1 is 1.21 bits per heavy atom. The topological polar surface area (TPSA) is 302 Å². The van der Waals surface area contributed by atoms with Gasteiger partial charge in [0.05, 0.1) is 40.5 Å². The molecule has 17 heteroatoms. The number of phenolic OH excluding ortho intramolecular Hbond substituents is 1. The second-order valence-corrected chi connectivity index (χ2v) is 11.1. The number of likely N-dealkylation sites (N-methyl/N-ethyl adjacent to an activating group) is 1. The monoisotopic (exact) mass is 649 g/mol. The van der Waals surface area contributed by atoms with Gasteiger partial charge in [-0.25, -0.2) is 4.79 Å². The number of benzene rings is 1. The molecule has 42 heavy (non-hydrogen) atoms. The maximum atomic E-state index is 14.4. The van der Waals surface area contributed by atoms with Crippen molar-refractivity contribution in [2.24, 2.45) is 28.3 Å². The van der Waals surface area contributed by atoms with E-state index < -0.39 is 92.2 Å². The first kappa shape index (κ1) is 30.9. The smallest absolute Gasteiger partial charge is 0.411 e. The lowest BCUT2D eigenvalue weighted by atomic mass is 9.45. The highest BCUT2D eigenvalue weighted by atomic mass is 79.9. The number of hydrogen-bond acceptors (Lipinski definition) is 14. The number of Topliss-reactive ketones (excluding diaryl/α,β-unsaturated/α-hetero) is 2. The number of carbonyl (C=O) groups excluding carboxylic acids is 4. The van der Waals surface area contributed by atoms with Crippen molar-refractivity contribution < 1.29 is 44.3 Å². The van der Waals surface area contributed by atoms with E-state index in [4.69, 9.17) is 27.7 Å². The predicted octanol–water partition coefficient (Wildman–Crippen LogP) is -1.72. The molecule has 4 rings (SSSR count). The van der Waals surface area contributed by atoms with Crippen LogP contribution >= 0.6 is 15.9 Å². The highest BCUT2D eigenvalue weighted by molar-refractivity contribution is 9.09. The molecule has 1 saturated carbocycles. The van der Waals surface area contributed by atoms with E-state index in [2.05, 4.69) is 21.2 Å². The van der Waals surface area contributed by atoms with E-state index in [0.717, 1.165) is 4.90 Å². The molecule has 16 nitrogen and oxygen atoms in total. The minimum atomic E-state index is -3.10. The number of carbonyl (C=O) groups is 4. The summed E-state index contributed by atoms with van der Waals surface area (Å²) in [6.07, 6.45) is -3.31. The molecule has 224 valence electrons. The number of aliphatic hydroxyl groups excluding tert-OH is 3. The van der Waals surface area contributed by atoms with Crippen LogP contribution in [0.2, 0.25) is 0 Å². The number of phenols is 1. The Kier molecular flexibility index (Phi) is 7.39. The van der Waals surface area contributed by atoms with Crippen molar-refractivity contribution in [3.63, 3.8) is 0 Å². The van der Waals surface area contributed by atoms with Crippen LogP contribution in [0, 0.1) is 16.7 Å². The van der Waals surface area contributed by atoms with E-state index in [9.17, 15) is 44.9 Å². The van der Waals surface area contributed by atoms with Crippen LogP contribution in [0.3, 0.4) is 0 Å². The van der Waals surface area contributed by atoms with Crippen LogP contribution in [-0.4, -0.2) is 98.1 Å². The van der Waals surface area contributed by atoms with Gasteiger partial charge in [-0.2, -0.15) is 5.26 Å². The molecule has 0 aliphatic heterocycles. The molecular formula is C25H28BrN7O9. The van der Waals surface area contributed by atoms with Crippen molar-refractivity contribution in [1.29, 1.82) is 5.26 Å². The van der Waals surface area contributed by atoms with Crippen molar-refractivity contribution in [1.82, 2.24) is 4.90 Å². The summed E-state index contributed by atoms with van der Waals surface area (Å²) in [4.78, 5) is 53.3. The van der Waals surface area contributed by atoms with Gasteiger partial charge in [-0.1, -0.05) is 22.0 Å². The summed E-state index contributed by atoms with van der Waals surface area (Å²) in [6, 6.07) is 0.510. The Hall–Kier alpha value is -4.05. The number of halogens is 1. The number of amides is 2. The summed E-state index contributed by atoms with van der Waals surface area (Å²) in [5.74, 6) is -7.50. The fourth-order valence-corrected chi connectivity index (χ4v) is 6.42. The number of rotatable bonds is 5. The molecule has 3 aliphatic carbocycles. The van der Waals surface area contributed by atoms with Crippen molar-refractivity contribution in [2.45, 2.75) is 29.3 Å². The Labute approximate surface area is 246 Å². The molecule has 6 atom stereocenters. The summed E-state index contributed by atoms with van der Waals surface area (Å²) in [7, 11) is 2.60. The molecule has 1 fully saturated rings. The molecule has 0 unspecified atom stereocenters. The number of ketones is 2. The first-order valence-corrected chi connectivity index (χ1v) is 13.3. The number of nitrogens with one attached hydrogen (secondary N) is 1. The molecule has 0 aromatic heterocycles. The number of nitrogens with two attached hydrogens (primary N) is 4. The van der Waals surface area contributed by atoms with Crippen LogP contribution in [-0.2, 0) is 19.1 Å². The molecule has 2 amide bonds. The third-order valence-electron chi connectivity index (χ3n) is 8.11. The SMILES string of the molecule is CN(C)[C@@H]1C(=O)C(C(N)=O)=C(O)[C@@]2(C#N)C(=O)C3=C(O)c4c(ccc(NC(=O)OCCBr)c4O)[C@H](N)[C@@]3(N)[C@H](O)[C@@]12N. The summed E-state index contributed by atoms with van der Waals surface area (Å²) in [6.45, 7) is -0.0162. The standard InChI is InChI=1S/C25H28BrN7O9/c1-33(2)17-15(36)11(20(29)39)18(37)23(7-27)19(38)12-14(35)10-8(16(28)24(12,30)21(40)25(17,23)31)3-4-9(13(10)34)32-22(41)42-6-5-26/h3-4,16-17,21,34-35,37,40H,5-6,28,30-31H2,1-2H3,(H2,29,39)(H,32,41)/t16-,17+,21-,23-,24+,25-/m0/s1. The number of alkyl halides is 1. The average Bonchev–Trinajstić information content (AvgIpc) is 2.90. The fourth-order valence-electron chi connectivity index (χ4n) is 6.26. The molecule has 0 heterocycles. The van der Waals surface area contributed by atoms with Gasteiger partial charge in [0.2, 0.25) is 0 Å². The van der Waals surface area contributed by atoms with Gasteiger partial charge < -0.3 is 48.1 Å². The summed E-state index contributed by atoms with van der Waals surface area (Å²) in [5, 5.41) is 58.7. The Morgan fingerprint density at radius 3 is 2.36 bits per heavy atom. The van der Waals surface area contributed by atoms with E-state index >= 15 is 0 Å². The number of anilines is 1. The van der Waals surface area contributed by atoms with Gasteiger partial charge in [0.25, 0.3) is 5.91 Å². The second kappa shape index (κ2) is 10.0. The lowest BCUT2D eigenvalue weighted by Gasteiger charge is -2.62. The van der Waals surface area contributed by atoms with Crippen molar-refractivity contribution in [3.8, 4) is 11.8 Å². The highest BCUT2D eigenvalue weighted by Crippen LogP contribution is 2.60. The van der Waals surface area contributed by atoms with Crippen LogP contribution in [0.5, 0.6) is 5.75 Å². The van der Waals surface area contributed by atoms with Crippen molar-refractivity contribution in [2.75, 3.05) is 31.3 Å². The van der Waals surface area contributed by atoms with Gasteiger partial charge in [0.15, 0.2) is 17.0 Å². The summed E-state index contributed by atoms with van der Waals surface area (Å²) >= 11 is 3.09. The molecule has 1 aromatic rings. The second-order valence-electron chi connectivity index (χ2n) is 10.4. The normalized spacial score (nSPS) is 32.1. The van der Waals surface area contributed by atoms with Gasteiger partial charge in [-0.3, -0.25) is 24.6 Å². The lowest BCUT2D eigenvalue weighted by molar-refractivity contribution is -0.153. The van der Waals surface area contributed by atoms with Gasteiger partial charge in [0.1, 0.15) is 41.1 Å². The molecule has 0 bridgehead atoms. The molecule has 1 aromatic carbocycles. The van der Waals surface area contributed by atoms with Gasteiger partial charge in [0, 0.05) is 5.33 Å². The molecule has 0 radical (unpaired) electrons. The predicted molar refractivity (Wildman–Crippen MR) is 148 cm³/mol. The molecule has 3 aliphatic rings. The maximum absolute atomic E-state index is 14.4. The summed E-state index contributed by atoms with van der Waals surface area (Å²) < 4.78 is 4.89. The van der Waals surface area contributed by atoms with Crippen LogP contribution in [0.1, 0.15) is 17.2 Å². The Bertz CT molecular complexity index is 1550. The minimum absolute atomic E-state index is 0.0162. The Morgan fingerprint density at radius 2 is 1.83 bits per heavy atom. The number of aromatic hydroxyl groups is 1. The van der Waals surface area contributed by atoms with Crippen LogP contribution in [0.4, 0.5) is 10.5 Å². The van der Waals surface area contributed by atoms with E-state index in [1.807, 2.05) is 0 Å². The minimum Gasteiger partial charge on any atom is -0.509 e. The van der Waals surface area contributed by atoms with Gasteiger partial charge >= 0.3 is 6.09 Å². The van der Waals surface area contributed by atoms with E-state index in [0.29, 0.717) is 5.33 Å². The number of aliphatic hydroxyl groups is 3. The van der Waals surface area contributed by atoms with Crippen LogP contribution in [0.25, 0.3) is 5.76 Å². The first-order valence-electron chi connectivity index (χ1n) is 12.2. The Balaban J connectivity index is 2.08. The number of hydrogen-bond donors (Lipinski definition) is 9. The molecule has 0 saturated heterocycles. The zero-order chi connectivity index (χ0) is 31.7. The number of nitrogens with zero attached hydrogens (tertiary/aromatic N) is 2. The fraction of sp³-hybridized carbons (Fsp3) is 0.400. The first-order chi connectivity index (χ1) is 19.5. The number of ether oxygens (including phenoxy) is 1. The molecular weight excluding hydrogens is 622 g/mol. The van der Waals surface area contributed by atoms with Gasteiger partial charge in [-0.15, -0.1) is 0 Å². The third kappa shape index (κ3) is 3.57. The molecule has 13 N–H and O–H groups in total. The van der Waals surface area contributed by atoms with E-state index in [-0.39, 0.29) is 17.9 Å². The largest absolute Gasteiger partial charge is 0.509 e. The van der Waals surface area contributed by atoms with Crippen molar-refractivity contribution >= 4 is 50.9 Å². The highest BCUT2D eigenvalue weighted by Gasteiger charge is 2.79. The lowest BCUT2D eigenvalue weighted by Crippen LogP contribution is -2.87. The maximum Gasteiger partial charge on any atom is 0.411 e. The zero-order valence-corrected chi connectivity index (χ0v) is 23.8. The van der Waals surface area contributed by atoms with Gasteiger partial charge in [-0.05, 0) is 25.7 Å². The van der Waals surface area contributed by atoms with Crippen LogP contribution in [0.15, 0.2) is 29.0 Å². The zero-order valence-electron chi connectivity index (χ0n) is 22.2. The number of nitriles is 1. The van der Waals surface area contributed by atoms with Crippen LogP contribution < -0.4 is 28.3 Å².